The van der Waals surface area contributed by atoms with Gasteiger partial charge in [0.1, 0.15) is 11.0 Å². The van der Waals surface area contributed by atoms with Crippen molar-refractivity contribution >= 4 is 22.4 Å². The van der Waals surface area contributed by atoms with Crippen LogP contribution in [0.2, 0.25) is 0 Å². The van der Waals surface area contributed by atoms with E-state index in [9.17, 15) is 9.90 Å². The quantitative estimate of drug-likeness (QED) is 0.822. The fourth-order valence-electron chi connectivity index (χ4n) is 1.98. The molecule has 0 amide bonds. The Kier molecular flexibility index (Phi) is 2.86. The third-order valence-corrected chi connectivity index (χ3v) is 3.43. The summed E-state index contributed by atoms with van der Waals surface area (Å²) >= 11 is 1.34. The highest BCUT2D eigenvalue weighted by molar-refractivity contribution is 7.13. The van der Waals surface area contributed by atoms with E-state index in [1.807, 2.05) is 0 Å². The van der Waals surface area contributed by atoms with Gasteiger partial charge in [-0.15, -0.1) is 10.2 Å². The van der Waals surface area contributed by atoms with Crippen LogP contribution < -0.4 is 5.32 Å². The zero-order valence-corrected chi connectivity index (χ0v) is 9.09. The second kappa shape index (κ2) is 4.14. The van der Waals surface area contributed by atoms with Crippen LogP contribution in [-0.4, -0.2) is 26.8 Å². The van der Waals surface area contributed by atoms with Gasteiger partial charge in [0.15, 0.2) is 0 Å². The molecule has 2 N–H and O–H groups in total. The van der Waals surface area contributed by atoms with Gasteiger partial charge in [0.05, 0.1) is 0 Å². The smallest absolute Gasteiger partial charge is 0.329 e. The van der Waals surface area contributed by atoms with Crippen LogP contribution in [0.25, 0.3) is 0 Å². The molecule has 0 atom stereocenters. The molecule has 5 nitrogen and oxygen atoms in total. The Morgan fingerprint density at radius 3 is 2.73 bits per heavy atom. The standard InChI is InChI=1S/C9H13N3O2S/c13-7(14)9(4-2-1-3-5-9)11-8-12-10-6-15-8/h6H,1-5H2,(H,11,12)(H,13,14). The molecule has 1 aromatic rings. The van der Waals surface area contributed by atoms with Crippen molar-refractivity contribution in [3.05, 3.63) is 5.51 Å². The van der Waals surface area contributed by atoms with E-state index in [4.69, 9.17) is 0 Å². The van der Waals surface area contributed by atoms with Gasteiger partial charge < -0.3 is 10.4 Å². The molecule has 0 bridgehead atoms. The summed E-state index contributed by atoms with van der Waals surface area (Å²) in [6.45, 7) is 0. The molecular weight excluding hydrogens is 214 g/mol. The van der Waals surface area contributed by atoms with Crippen molar-refractivity contribution in [2.45, 2.75) is 37.6 Å². The second-order valence-electron chi connectivity index (χ2n) is 3.82. The second-order valence-corrected chi connectivity index (χ2v) is 4.65. The van der Waals surface area contributed by atoms with Crippen LogP contribution >= 0.6 is 11.3 Å². The predicted molar refractivity (Wildman–Crippen MR) is 57.0 cm³/mol. The molecule has 0 spiro atoms. The molecule has 0 aromatic carbocycles. The molecule has 82 valence electrons. The van der Waals surface area contributed by atoms with E-state index in [-0.39, 0.29) is 0 Å². The third-order valence-electron chi connectivity index (χ3n) is 2.82. The van der Waals surface area contributed by atoms with Crippen LogP contribution in [0.1, 0.15) is 32.1 Å². The number of carboxylic acid groups (broad SMARTS) is 1. The van der Waals surface area contributed by atoms with Crippen molar-refractivity contribution in [3.8, 4) is 0 Å². The Morgan fingerprint density at radius 1 is 1.47 bits per heavy atom. The number of hydrogen-bond acceptors (Lipinski definition) is 5. The molecule has 1 heterocycles. The fourth-order valence-corrected chi connectivity index (χ4v) is 2.52. The first-order chi connectivity index (χ1) is 7.23. The summed E-state index contributed by atoms with van der Waals surface area (Å²) in [5, 5.41) is 20.4. The maximum absolute atomic E-state index is 11.3. The molecule has 0 radical (unpaired) electrons. The van der Waals surface area contributed by atoms with Crippen molar-refractivity contribution in [1.82, 2.24) is 10.2 Å². The van der Waals surface area contributed by atoms with Gasteiger partial charge in [-0.05, 0) is 12.8 Å². The fraction of sp³-hybridized carbons (Fsp3) is 0.667. The number of carboxylic acids is 1. The Morgan fingerprint density at radius 2 is 2.20 bits per heavy atom. The zero-order chi connectivity index (χ0) is 10.7. The lowest BCUT2D eigenvalue weighted by atomic mass is 9.82. The maximum Gasteiger partial charge on any atom is 0.329 e. The molecule has 0 saturated heterocycles. The summed E-state index contributed by atoms with van der Waals surface area (Å²) < 4.78 is 0. The number of nitrogens with zero attached hydrogens (tertiary/aromatic N) is 2. The van der Waals surface area contributed by atoms with Crippen molar-refractivity contribution in [1.29, 1.82) is 0 Å². The lowest BCUT2D eigenvalue weighted by molar-refractivity contribution is -0.143. The van der Waals surface area contributed by atoms with Crippen LogP contribution in [0, 0.1) is 0 Å². The van der Waals surface area contributed by atoms with Crippen LogP contribution in [-0.2, 0) is 4.79 Å². The van der Waals surface area contributed by atoms with E-state index < -0.39 is 11.5 Å². The number of rotatable bonds is 3. The Hall–Kier alpha value is -1.17. The summed E-state index contributed by atoms with van der Waals surface area (Å²) in [5.41, 5.74) is 0.776. The largest absolute Gasteiger partial charge is 0.480 e. The van der Waals surface area contributed by atoms with Gasteiger partial charge in [-0.2, -0.15) is 0 Å². The molecule has 1 aromatic heterocycles. The topological polar surface area (TPSA) is 75.1 Å². The number of aliphatic carboxylic acids is 1. The lowest BCUT2D eigenvalue weighted by Gasteiger charge is -2.33. The molecule has 1 saturated carbocycles. The number of carbonyl (C=O) groups is 1. The van der Waals surface area contributed by atoms with Crippen LogP contribution in [0.3, 0.4) is 0 Å². The van der Waals surface area contributed by atoms with E-state index in [2.05, 4.69) is 15.5 Å². The Balaban J connectivity index is 2.15. The van der Waals surface area contributed by atoms with Crippen molar-refractivity contribution in [3.63, 3.8) is 0 Å². The lowest BCUT2D eigenvalue weighted by Crippen LogP contribution is -2.47. The molecule has 0 unspecified atom stereocenters. The van der Waals surface area contributed by atoms with Gasteiger partial charge in [0.25, 0.3) is 0 Å². The highest BCUT2D eigenvalue weighted by atomic mass is 32.1. The van der Waals surface area contributed by atoms with E-state index in [1.165, 1.54) is 11.3 Å². The minimum Gasteiger partial charge on any atom is -0.480 e. The van der Waals surface area contributed by atoms with Crippen molar-refractivity contribution < 1.29 is 9.90 Å². The first-order valence-electron chi connectivity index (χ1n) is 5.01. The zero-order valence-electron chi connectivity index (χ0n) is 8.27. The van der Waals surface area contributed by atoms with Gasteiger partial charge in [0.2, 0.25) is 5.13 Å². The normalized spacial score (nSPS) is 19.7. The first-order valence-corrected chi connectivity index (χ1v) is 5.89. The Labute approximate surface area is 91.5 Å². The van der Waals surface area contributed by atoms with E-state index in [0.29, 0.717) is 18.0 Å². The number of aromatic nitrogens is 2. The van der Waals surface area contributed by atoms with E-state index in [0.717, 1.165) is 19.3 Å². The minimum atomic E-state index is -0.822. The monoisotopic (exact) mass is 227 g/mol. The van der Waals surface area contributed by atoms with Crippen molar-refractivity contribution in [2.24, 2.45) is 0 Å². The summed E-state index contributed by atoms with van der Waals surface area (Å²) in [5.74, 6) is -0.780. The highest BCUT2D eigenvalue weighted by Crippen LogP contribution is 2.32. The molecule has 1 aliphatic carbocycles. The molecule has 1 fully saturated rings. The summed E-state index contributed by atoms with van der Waals surface area (Å²) in [7, 11) is 0. The van der Waals surface area contributed by atoms with Gasteiger partial charge >= 0.3 is 5.97 Å². The van der Waals surface area contributed by atoms with E-state index >= 15 is 0 Å². The van der Waals surface area contributed by atoms with Gasteiger partial charge in [-0.1, -0.05) is 30.6 Å². The maximum atomic E-state index is 11.3. The van der Waals surface area contributed by atoms with Crippen LogP contribution in [0.4, 0.5) is 5.13 Å². The van der Waals surface area contributed by atoms with Gasteiger partial charge in [0, 0.05) is 0 Å². The molecule has 0 aliphatic heterocycles. The Bertz CT molecular complexity index is 333. The summed E-state index contributed by atoms with van der Waals surface area (Å²) in [4.78, 5) is 11.3. The van der Waals surface area contributed by atoms with Gasteiger partial charge in [-0.3, -0.25) is 0 Å². The average Bonchev–Trinajstić information content (AvgIpc) is 2.71. The first kappa shape index (κ1) is 10.4. The average molecular weight is 227 g/mol. The number of hydrogen-bond donors (Lipinski definition) is 2. The molecular formula is C9H13N3O2S. The highest BCUT2D eigenvalue weighted by Gasteiger charge is 2.40. The SMILES string of the molecule is O=C(O)C1(Nc2nncs2)CCCCC1. The van der Waals surface area contributed by atoms with Crippen LogP contribution in [0.15, 0.2) is 5.51 Å². The molecule has 6 heteroatoms. The summed E-state index contributed by atoms with van der Waals surface area (Å²) in [6.07, 6.45) is 4.37. The number of nitrogens with one attached hydrogen (secondary N) is 1. The van der Waals surface area contributed by atoms with Crippen LogP contribution in [0.5, 0.6) is 0 Å². The molecule has 15 heavy (non-hydrogen) atoms. The molecule has 1 aliphatic rings. The number of anilines is 1. The molecule has 2 rings (SSSR count). The van der Waals surface area contributed by atoms with Crippen molar-refractivity contribution in [2.75, 3.05) is 5.32 Å². The summed E-state index contributed by atoms with van der Waals surface area (Å²) in [6, 6.07) is 0. The van der Waals surface area contributed by atoms with E-state index in [1.54, 1.807) is 5.51 Å². The van der Waals surface area contributed by atoms with Gasteiger partial charge in [-0.25, -0.2) is 4.79 Å². The predicted octanol–water partition coefficient (Wildman–Crippen LogP) is 1.74. The minimum absolute atomic E-state index is 0.597. The third kappa shape index (κ3) is 2.09.